The summed E-state index contributed by atoms with van der Waals surface area (Å²) in [5.74, 6) is 0. The maximum absolute atomic E-state index is 11.7. The molecule has 0 unspecified atom stereocenters. The van der Waals surface area contributed by atoms with Crippen LogP contribution in [0.4, 0.5) is 0 Å². The Hall–Kier alpha value is -3.84. The number of aromatic hydroxyl groups is 1. The van der Waals surface area contributed by atoms with E-state index in [1.807, 2.05) is 48.5 Å². The van der Waals surface area contributed by atoms with Crippen LogP contribution in [0.5, 0.6) is 6.01 Å². The van der Waals surface area contributed by atoms with Crippen molar-refractivity contribution in [3.05, 3.63) is 82.5 Å². The third-order valence-electron chi connectivity index (χ3n) is 4.70. The third kappa shape index (κ3) is 3.07. The van der Waals surface area contributed by atoms with Crippen molar-refractivity contribution in [1.82, 2.24) is 24.5 Å². The van der Waals surface area contributed by atoms with Gasteiger partial charge in [-0.05, 0) is 29.3 Å². The number of rotatable bonds is 3. The number of benzene rings is 2. The van der Waals surface area contributed by atoms with E-state index in [9.17, 15) is 9.90 Å². The lowest BCUT2D eigenvalue weighted by molar-refractivity contribution is 0.438. The highest BCUT2D eigenvalue weighted by Crippen LogP contribution is 2.31. The van der Waals surface area contributed by atoms with Crippen LogP contribution in [0.1, 0.15) is 0 Å². The molecule has 0 atom stereocenters. The van der Waals surface area contributed by atoms with E-state index in [0.29, 0.717) is 21.9 Å². The van der Waals surface area contributed by atoms with E-state index in [0.717, 1.165) is 22.4 Å². The molecule has 29 heavy (non-hydrogen) atoms. The average molecular weight is 404 g/mol. The molecule has 5 rings (SSSR count). The molecule has 0 saturated carbocycles. The van der Waals surface area contributed by atoms with Crippen molar-refractivity contribution in [2.24, 2.45) is 0 Å². The summed E-state index contributed by atoms with van der Waals surface area (Å²) >= 11 is 6.36. The number of hydrogen-bond acceptors (Lipinski definition) is 4. The molecule has 0 saturated heterocycles. The number of fused-ring (bicyclic) bond motifs is 1. The quantitative estimate of drug-likeness (QED) is 0.421. The molecule has 7 nitrogen and oxygen atoms in total. The zero-order chi connectivity index (χ0) is 20.0. The second kappa shape index (κ2) is 6.65. The Kier molecular flexibility index (Phi) is 3.96. The minimum Gasteiger partial charge on any atom is -0.480 e. The van der Waals surface area contributed by atoms with Crippen molar-refractivity contribution in [2.75, 3.05) is 0 Å². The second-order valence-corrected chi connectivity index (χ2v) is 6.92. The average Bonchev–Trinajstić information content (AvgIpc) is 3.32. The normalized spacial score (nSPS) is 11.2. The number of nitrogens with zero attached hydrogens (tertiary/aromatic N) is 3. The standard InChI is InChI=1S/C21H14ClN5O2/c22-16-11-17-19(26-20(28)24-17)25-18(16)14-3-1-12(2-4-14)13-5-7-15(8-6-13)27-10-9-23-21(27)29/h1-11H,(H,23,29)(H2,24,25,26,28). The highest BCUT2D eigenvalue weighted by molar-refractivity contribution is 6.33. The number of H-pyrrole nitrogens is 2. The highest BCUT2D eigenvalue weighted by atomic mass is 35.5. The Labute approximate surface area is 169 Å². The minimum atomic E-state index is -0.193. The fourth-order valence-electron chi connectivity index (χ4n) is 3.27. The predicted molar refractivity (Wildman–Crippen MR) is 111 cm³/mol. The van der Waals surface area contributed by atoms with Crippen molar-refractivity contribution in [1.29, 1.82) is 0 Å². The summed E-state index contributed by atoms with van der Waals surface area (Å²) in [7, 11) is 0. The van der Waals surface area contributed by atoms with Gasteiger partial charge in [-0.1, -0.05) is 48.0 Å². The molecule has 0 bridgehead atoms. The van der Waals surface area contributed by atoms with Crippen LogP contribution in [0.3, 0.4) is 0 Å². The number of pyridine rings is 1. The van der Waals surface area contributed by atoms with Crippen LogP contribution in [0, 0.1) is 0 Å². The number of halogens is 1. The van der Waals surface area contributed by atoms with Crippen LogP contribution < -0.4 is 5.69 Å². The van der Waals surface area contributed by atoms with Gasteiger partial charge < -0.3 is 15.1 Å². The van der Waals surface area contributed by atoms with Gasteiger partial charge in [-0.15, -0.1) is 0 Å². The van der Waals surface area contributed by atoms with Crippen LogP contribution in [0.2, 0.25) is 5.02 Å². The van der Waals surface area contributed by atoms with Crippen LogP contribution in [-0.4, -0.2) is 29.6 Å². The molecule has 142 valence electrons. The smallest absolute Gasteiger partial charge is 0.330 e. The van der Waals surface area contributed by atoms with Crippen molar-refractivity contribution >= 4 is 22.8 Å². The van der Waals surface area contributed by atoms with Gasteiger partial charge in [0.05, 0.1) is 21.9 Å². The number of aromatic amines is 2. The molecule has 0 spiro atoms. The lowest BCUT2D eigenvalue weighted by Crippen LogP contribution is -2.13. The lowest BCUT2D eigenvalue weighted by atomic mass is 10.0. The Morgan fingerprint density at radius 2 is 1.59 bits per heavy atom. The van der Waals surface area contributed by atoms with Crippen molar-refractivity contribution in [2.45, 2.75) is 0 Å². The van der Waals surface area contributed by atoms with Gasteiger partial charge in [0.25, 0.3) is 6.01 Å². The second-order valence-electron chi connectivity index (χ2n) is 6.51. The number of aromatic nitrogens is 5. The van der Waals surface area contributed by atoms with Gasteiger partial charge in [0.15, 0.2) is 5.65 Å². The van der Waals surface area contributed by atoms with Crippen molar-refractivity contribution in [3.63, 3.8) is 0 Å². The molecule has 0 radical (unpaired) electrons. The van der Waals surface area contributed by atoms with Crippen LogP contribution in [0.25, 0.3) is 39.2 Å². The molecule has 8 heteroatoms. The number of imidazole rings is 2. The topological polar surface area (TPSA) is 99.6 Å². The molecule has 3 heterocycles. The van der Waals surface area contributed by atoms with Crippen molar-refractivity contribution < 1.29 is 5.11 Å². The molecule has 0 aliphatic heterocycles. The summed E-state index contributed by atoms with van der Waals surface area (Å²) in [6.07, 6.45) is 3.30. The number of nitrogens with one attached hydrogen (secondary N) is 2. The van der Waals surface area contributed by atoms with Crippen LogP contribution in [-0.2, 0) is 0 Å². The first kappa shape index (κ1) is 17.3. The molecule has 2 aromatic carbocycles. The zero-order valence-corrected chi connectivity index (χ0v) is 15.7. The third-order valence-corrected chi connectivity index (χ3v) is 4.99. The predicted octanol–water partition coefficient (Wildman–Crippen LogP) is 4.13. The molecule has 5 aromatic rings. The van der Waals surface area contributed by atoms with Gasteiger partial charge >= 0.3 is 5.69 Å². The molecule has 3 N–H and O–H groups in total. The zero-order valence-electron chi connectivity index (χ0n) is 14.9. The maximum Gasteiger partial charge on any atom is 0.330 e. The van der Waals surface area contributed by atoms with E-state index in [4.69, 9.17) is 11.6 Å². The molecule has 0 fully saturated rings. The van der Waals surface area contributed by atoms with Gasteiger partial charge in [-0.2, -0.15) is 4.98 Å². The van der Waals surface area contributed by atoms with Gasteiger partial charge in [0.2, 0.25) is 0 Å². The summed E-state index contributed by atoms with van der Waals surface area (Å²) < 4.78 is 1.55. The summed E-state index contributed by atoms with van der Waals surface area (Å²) in [5, 5.41) is 9.96. The monoisotopic (exact) mass is 403 g/mol. The summed E-state index contributed by atoms with van der Waals surface area (Å²) in [5.41, 5.74) is 5.10. The van der Waals surface area contributed by atoms with E-state index < -0.39 is 0 Å². The first-order valence-electron chi connectivity index (χ1n) is 8.81. The van der Waals surface area contributed by atoms with Gasteiger partial charge in [-0.3, -0.25) is 4.57 Å². The molecule has 0 amide bonds. The first-order chi connectivity index (χ1) is 14.1. The van der Waals surface area contributed by atoms with E-state index >= 15 is 0 Å². The Morgan fingerprint density at radius 3 is 2.24 bits per heavy atom. The fourth-order valence-corrected chi connectivity index (χ4v) is 3.53. The van der Waals surface area contributed by atoms with Crippen molar-refractivity contribution in [3.8, 4) is 34.1 Å². The summed E-state index contributed by atoms with van der Waals surface area (Å²) in [6, 6.07) is 17.1. The van der Waals surface area contributed by atoms with Crippen LogP contribution in [0.15, 0.2) is 71.8 Å². The van der Waals surface area contributed by atoms with Gasteiger partial charge in [0.1, 0.15) is 0 Å². The van der Waals surface area contributed by atoms with E-state index in [-0.39, 0.29) is 11.7 Å². The summed E-state index contributed by atoms with van der Waals surface area (Å²) in [4.78, 5) is 25.4. The molecular formula is C21H14ClN5O2. The molecule has 0 aliphatic carbocycles. The summed E-state index contributed by atoms with van der Waals surface area (Å²) in [6.45, 7) is 0. The van der Waals surface area contributed by atoms with E-state index in [1.165, 1.54) is 0 Å². The van der Waals surface area contributed by atoms with E-state index in [1.54, 1.807) is 23.0 Å². The van der Waals surface area contributed by atoms with Gasteiger partial charge in [-0.25, -0.2) is 9.78 Å². The minimum absolute atomic E-state index is 0.173. The Morgan fingerprint density at radius 1 is 0.931 bits per heavy atom. The Balaban J connectivity index is 1.47. The maximum atomic E-state index is 11.7. The number of hydrogen-bond donors (Lipinski definition) is 3. The lowest BCUT2D eigenvalue weighted by Gasteiger charge is -2.07. The van der Waals surface area contributed by atoms with Crippen LogP contribution >= 0.6 is 11.6 Å². The SMILES string of the molecule is O=c1[nH]ccn1-c1ccc(-c2ccc(-c3nc4nc(O)[nH]c4cc3Cl)cc2)cc1. The first-order valence-corrected chi connectivity index (χ1v) is 9.19. The van der Waals surface area contributed by atoms with Gasteiger partial charge in [0, 0.05) is 18.0 Å². The molecule has 0 aliphatic rings. The largest absolute Gasteiger partial charge is 0.480 e. The Bertz CT molecular complexity index is 1380. The molecular weight excluding hydrogens is 390 g/mol. The highest BCUT2D eigenvalue weighted by Gasteiger charge is 2.11. The molecule has 3 aromatic heterocycles. The van der Waals surface area contributed by atoms with E-state index in [2.05, 4.69) is 19.9 Å². The fraction of sp³-hybridized carbons (Fsp3) is 0.